The Morgan fingerprint density at radius 2 is 1.53 bits per heavy atom. The third kappa shape index (κ3) is 4.84. The standard InChI is InChI=1S/C23H31N3O3S/c1-5-24-12-14-25(15-13-24)23(27)26(17-21-16-19(3)6-9-20(21)4)30(28,29)22-10-7-18(2)8-11-22/h6-11,16H,5,12-15,17H2,1-4H3. The summed E-state index contributed by atoms with van der Waals surface area (Å²) >= 11 is 0. The summed E-state index contributed by atoms with van der Waals surface area (Å²) in [6, 6.07) is 12.1. The van der Waals surface area contributed by atoms with Crippen LogP contribution in [0.5, 0.6) is 0 Å². The number of urea groups is 1. The molecule has 1 saturated heterocycles. The van der Waals surface area contributed by atoms with Gasteiger partial charge in [0.1, 0.15) is 0 Å². The zero-order valence-electron chi connectivity index (χ0n) is 18.3. The van der Waals surface area contributed by atoms with E-state index in [1.807, 2.05) is 39.0 Å². The molecule has 1 fully saturated rings. The van der Waals surface area contributed by atoms with E-state index in [1.54, 1.807) is 29.2 Å². The van der Waals surface area contributed by atoms with Crippen molar-refractivity contribution in [1.82, 2.24) is 14.1 Å². The fraction of sp³-hybridized carbons (Fsp3) is 0.435. The van der Waals surface area contributed by atoms with E-state index >= 15 is 0 Å². The molecule has 0 unspecified atom stereocenters. The van der Waals surface area contributed by atoms with E-state index < -0.39 is 16.1 Å². The van der Waals surface area contributed by atoms with Crippen LogP contribution in [0.2, 0.25) is 0 Å². The molecular weight excluding hydrogens is 398 g/mol. The van der Waals surface area contributed by atoms with E-state index in [2.05, 4.69) is 11.8 Å². The van der Waals surface area contributed by atoms with Gasteiger partial charge in [-0.3, -0.25) is 0 Å². The molecular formula is C23H31N3O3S. The number of rotatable bonds is 5. The Kier molecular flexibility index (Phi) is 6.83. The molecule has 0 N–H and O–H groups in total. The number of sulfonamides is 1. The summed E-state index contributed by atoms with van der Waals surface area (Å²) in [6.07, 6.45) is 0. The minimum absolute atomic E-state index is 0.0244. The number of carbonyl (C=O) groups excluding carboxylic acids is 1. The van der Waals surface area contributed by atoms with E-state index in [0.29, 0.717) is 13.1 Å². The summed E-state index contributed by atoms with van der Waals surface area (Å²) in [7, 11) is -3.98. The predicted molar refractivity (Wildman–Crippen MR) is 119 cm³/mol. The number of likely N-dealkylation sites (N-methyl/N-ethyl adjacent to an activating group) is 1. The van der Waals surface area contributed by atoms with Gasteiger partial charge in [-0.1, -0.05) is 48.4 Å². The highest BCUT2D eigenvalue weighted by atomic mass is 32.2. The third-order valence-electron chi connectivity index (χ3n) is 5.73. The van der Waals surface area contributed by atoms with Gasteiger partial charge >= 0.3 is 6.03 Å². The summed E-state index contributed by atoms with van der Waals surface area (Å²) in [5, 5.41) is 0. The maximum atomic E-state index is 13.5. The van der Waals surface area contributed by atoms with Crippen LogP contribution in [0.4, 0.5) is 4.79 Å². The van der Waals surface area contributed by atoms with Crippen molar-refractivity contribution < 1.29 is 13.2 Å². The summed E-state index contributed by atoms with van der Waals surface area (Å²) < 4.78 is 28.1. The van der Waals surface area contributed by atoms with Crippen molar-refractivity contribution >= 4 is 16.1 Å². The normalized spacial score (nSPS) is 15.3. The smallest absolute Gasteiger partial charge is 0.321 e. The van der Waals surface area contributed by atoms with Crippen LogP contribution in [0.3, 0.4) is 0 Å². The van der Waals surface area contributed by atoms with Gasteiger partial charge in [0.25, 0.3) is 10.0 Å². The summed E-state index contributed by atoms with van der Waals surface area (Å²) in [5.74, 6) is 0. The molecule has 6 nitrogen and oxygen atoms in total. The molecule has 162 valence electrons. The van der Waals surface area contributed by atoms with Crippen LogP contribution in [0.1, 0.15) is 29.2 Å². The number of hydrogen-bond donors (Lipinski definition) is 0. The van der Waals surface area contributed by atoms with Gasteiger partial charge in [-0.25, -0.2) is 17.5 Å². The Bertz CT molecular complexity index is 995. The summed E-state index contributed by atoms with van der Waals surface area (Å²) in [6.45, 7) is 11.4. The Labute approximate surface area is 180 Å². The lowest BCUT2D eigenvalue weighted by Gasteiger charge is -2.37. The van der Waals surface area contributed by atoms with Gasteiger partial charge in [-0.2, -0.15) is 0 Å². The molecule has 0 radical (unpaired) electrons. The van der Waals surface area contributed by atoms with Gasteiger partial charge < -0.3 is 9.80 Å². The molecule has 2 amide bonds. The van der Waals surface area contributed by atoms with Gasteiger partial charge in [0, 0.05) is 26.2 Å². The van der Waals surface area contributed by atoms with Crippen molar-refractivity contribution in [1.29, 1.82) is 0 Å². The maximum Gasteiger partial charge on any atom is 0.334 e. The van der Waals surface area contributed by atoms with Crippen LogP contribution in [-0.2, 0) is 16.6 Å². The zero-order chi connectivity index (χ0) is 21.9. The zero-order valence-corrected chi connectivity index (χ0v) is 19.1. The highest BCUT2D eigenvalue weighted by Crippen LogP contribution is 2.23. The van der Waals surface area contributed by atoms with Crippen molar-refractivity contribution in [2.45, 2.75) is 39.1 Å². The fourth-order valence-electron chi connectivity index (χ4n) is 3.63. The van der Waals surface area contributed by atoms with Crippen LogP contribution in [0, 0.1) is 20.8 Å². The lowest BCUT2D eigenvalue weighted by Crippen LogP contribution is -2.53. The number of benzene rings is 2. The Hall–Kier alpha value is -2.38. The molecule has 1 heterocycles. The van der Waals surface area contributed by atoms with Gasteiger partial charge in [0.15, 0.2) is 0 Å². The number of amides is 2. The Balaban J connectivity index is 1.96. The van der Waals surface area contributed by atoms with E-state index in [4.69, 9.17) is 0 Å². The Morgan fingerprint density at radius 1 is 0.933 bits per heavy atom. The fourth-order valence-corrected chi connectivity index (χ4v) is 5.00. The molecule has 3 rings (SSSR count). The molecule has 0 spiro atoms. The predicted octanol–water partition coefficient (Wildman–Crippen LogP) is 3.56. The SMILES string of the molecule is CCN1CCN(C(=O)N(Cc2cc(C)ccc2C)S(=O)(=O)c2ccc(C)cc2)CC1. The highest BCUT2D eigenvalue weighted by Gasteiger charge is 2.34. The second-order valence-corrected chi connectivity index (χ2v) is 9.82. The van der Waals surface area contributed by atoms with E-state index in [0.717, 1.165) is 46.2 Å². The largest absolute Gasteiger partial charge is 0.334 e. The second-order valence-electron chi connectivity index (χ2n) is 7.96. The first-order valence-corrected chi connectivity index (χ1v) is 11.8. The monoisotopic (exact) mass is 429 g/mol. The van der Waals surface area contributed by atoms with Crippen molar-refractivity contribution in [3.05, 3.63) is 64.7 Å². The van der Waals surface area contributed by atoms with Crippen LogP contribution in [-0.4, -0.2) is 61.3 Å². The van der Waals surface area contributed by atoms with Crippen molar-refractivity contribution in [3.8, 4) is 0 Å². The second kappa shape index (κ2) is 9.18. The number of hydrogen-bond acceptors (Lipinski definition) is 4. The summed E-state index contributed by atoms with van der Waals surface area (Å²) in [5.41, 5.74) is 3.81. The number of carbonyl (C=O) groups is 1. The minimum Gasteiger partial charge on any atom is -0.321 e. The molecule has 30 heavy (non-hydrogen) atoms. The van der Waals surface area contributed by atoms with Crippen LogP contribution in [0.25, 0.3) is 0 Å². The number of aryl methyl sites for hydroxylation is 3. The van der Waals surface area contributed by atoms with Crippen LogP contribution < -0.4 is 0 Å². The maximum absolute atomic E-state index is 13.5. The van der Waals surface area contributed by atoms with Crippen LogP contribution >= 0.6 is 0 Å². The lowest BCUT2D eigenvalue weighted by atomic mass is 10.1. The average molecular weight is 430 g/mol. The van der Waals surface area contributed by atoms with Crippen molar-refractivity contribution in [2.24, 2.45) is 0 Å². The molecule has 0 atom stereocenters. The molecule has 0 saturated carbocycles. The molecule has 0 aromatic heterocycles. The molecule has 1 aliphatic rings. The first-order chi connectivity index (χ1) is 14.2. The quantitative estimate of drug-likeness (QED) is 0.729. The van der Waals surface area contributed by atoms with Crippen molar-refractivity contribution in [2.75, 3.05) is 32.7 Å². The van der Waals surface area contributed by atoms with Gasteiger partial charge in [0.05, 0.1) is 11.4 Å². The number of piperazine rings is 1. The van der Waals surface area contributed by atoms with Gasteiger partial charge in [-0.15, -0.1) is 0 Å². The van der Waals surface area contributed by atoms with Gasteiger partial charge in [0.2, 0.25) is 0 Å². The minimum atomic E-state index is -3.98. The first kappa shape index (κ1) is 22.3. The number of nitrogens with zero attached hydrogens (tertiary/aromatic N) is 3. The van der Waals surface area contributed by atoms with Crippen molar-refractivity contribution in [3.63, 3.8) is 0 Å². The average Bonchev–Trinajstić information content (AvgIpc) is 2.74. The topological polar surface area (TPSA) is 60.9 Å². The molecule has 7 heteroatoms. The van der Waals surface area contributed by atoms with E-state index in [9.17, 15) is 13.2 Å². The summed E-state index contributed by atoms with van der Waals surface area (Å²) in [4.78, 5) is 17.5. The third-order valence-corrected chi connectivity index (χ3v) is 7.46. The molecule has 0 bridgehead atoms. The molecule has 1 aliphatic heterocycles. The van der Waals surface area contributed by atoms with Gasteiger partial charge in [-0.05, 0) is 50.6 Å². The first-order valence-electron chi connectivity index (χ1n) is 10.4. The Morgan fingerprint density at radius 3 is 2.13 bits per heavy atom. The lowest BCUT2D eigenvalue weighted by molar-refractivity contribution is 0.129. The molecule has 2 aromatic carbocycles. The van der Waals surface area contributed by atoms with E-state index in [1.165, 1.54) is 0 Å². The molecule has 2 aromatic rings. The van der Waals surface area contributed by atoms with Crippen LogP contribution in [0.15, 0.2) is 47.4 Å². The van der Waals surface area contributed by atoms with E-state index in [-0.39, 0.29) is 11.4 Å². The molecule has 0 aliphatic carbocycles. The highest BCUT2D eigenvalue weighted by molar-refractivity contribution is 7.89.